The topological polar surface area (TPSA) is 72.1 Å². The Kier molecular flexibility index (Phi) is 12.9. The van der Waals surface area contributed by atoms with E-state index in [-0.39, 0.29) is 24.0 Å². The molecule has 3 N–H and O–H groups in total. The number of thioether (sulfide) groups is 1. The van der Waals surface area contributed by atoms with Crippen LogP contribution in [0.4, 0.5) is 0 Å². The number of benzene rings is 1. The highest BCUT2D eigenvalue weighted by Crippen LogP contribution is 2.29. The number of nitrogens with zero attached hydrogens (tertiary/aromatic N) is 2. The van der Waals surface area contributed by atoms with Gasteiger partial charge in [0.25, 0.3) is 0 Å². The molecule has 154 valence electrons. The van der Waals surface area contributed by atoms with Crippen molar-refractivity contribution in [1.82, 2.24) is 10.2 Å². The lowest BCUT2D eigenvalue weighted by atomic mass is 10.2. The molecule has 0 spiro atoms. The smallest absolute Gasteiger partial charge is 0.188 e. The summed E-state index contributed by atoms with van der Waals surface area (Å²) in [5.74, 6) is 2.89. The monoisotopic (exact) mass is 508 g/mol. The van der Waals surface area contributed by atoms with Crippen molar-refractivity contribution in [2.75, 3.05) is 58.8 Å². The quantitative estimate of drug-likeness (QED) is 0.167. The maximum atomic E-state index is 5.97. The van der Waals surface area contributed by atoms with E-state index < -0.39 is 0 Å². The molecule has 27 heavy (non-hydrogen) atoms. The molecule has 0 amide bonds. The Bertz CT molecular complexity index is 556. The summed E-state index contributed by atoms with van der Waals surface area (Å²) in [6, 6.07) is 8.10. The predicted molar refractivity (Wildman–Crippen MR) is 125 cm³/mol. The van der Waals surface area contributed by atoms with Crippen LogP contribution in [0.25, 0.3) is 0 Å². The highest BCUT2D eigenvalue weighted by molar-refractivity contribution is 14.0. The van der Waals surface area contributed by atoms with Gasteiger partial charge in [0.1, 0.15) is 5.75 Å². The summed E-state index contributed by atoms with van der Waals surface area (Å²) < 4.78 is 10.7. The van der Waals surface area contributed by atoms with E-state index in [1.54, 1.807) is 18.9 Å². The molecule has 0 aliphatic carbocycles. The van der Waals surface area contributed by atoms with E-state index in [4.69, 9.17) is 15.2 Å². The number of hydrogen-bond donors (Lipinski definition) is 2. The van der Waals surface area contributed by atoms with E-state index in [9.17, 15) is 0 Å². The Morgan fingerprint density at radius 2 is 2.11 bits per heavy atom. The van der Waals surface area contributed by atoms with Crippen LogP contribution in [0.2, 0.25) is 0 Å². The molecule has 1 fully saturated rings. The van der Waals surface area contributed by atoms with Gasteiger partial charge in [0.15, 0.2) is 5.96 Å². The Labute approximate surface area is 184 Å². The number of nitrogens with two attached hydrogens (primary N) is 1. The maximum absolute atomic E-state index is 5.97. The van der Waals surface area contributed by atoms with Gasteiger partial charge in [0.05, 0.1) is 20.3 Å². The number of guanidine groups is 1. The fourth-order valence-electron chi connectivity index (χ4n) is 2.68. The molecule has 1 heterocycles. The van der Waals surface area contributed by atoms with Gasteiger partial charge in [-0.2, -0.15) is 0 Å². The SMILES string of the molecule is COc1ccccc1SCC(C)CN=C(N)NCCCN1CCOCC1.I. The number of ether oxygens (including phenoxy) is 2. The lowest BCUT2D eigenvalue weighted by Gasteiger charge is -2.26. The third-order valence-corrected chi connectivity index (χ3v) is 5.61. The summed E-state index contributed by atoms with van der Waals surface area (Å²) >= 11 is 1.80. The zero-order chi connectivity index (χ0) is 18.6. The summed E-state index contributed by atoms with van der Waals surface area (Å²) in [5, 5.41) is 3.21. The molecule has 1 aliphatic rings. The van der Waals surface area contributed by atoms with Crippen LogP contribution in [0.3, 0.4) is 0 Å². The maximum Gasteiger partial charge on any atom is 0.188 e. The average Bonchev–Trinajstić information content (AvgIpc) is 2.69. The highest BCUT2D eigenvalue weighted by atomic mass is 127. The molecule has 6 nitrogen and oxygen atoms in total. The molecule has 0 bridgehead atoms. The van der Waals surface area contributed by atoms with Gasteiger partial charge in [-0.05, 0) is 31.0 Å². The zero-order valence-electron chi connectivity index (χ0n) is 16.4. The van der Waals surface area contributed by atoms with Crippen molar-refractivity contribution >= 4 is 41.7 Å². The Morgan fingerprint density at radius 3 is 2.85 bits per heavy atom. The minimum absolute atomic E-state index is 0. The van der Waals surface area contributed by atoms with Crippen molar-refractivity contribution in [3.05, 3.63) is 24.3 Å². The Balaban J connectivity index is 0.00000364. The minimum Gasteiger partial charge on any atom is -0.496 e. The minimum atomic E-state index is 0. The lowest BCUT2D eigenvalue weighted by molar-refractivity contribution is 0.0376. The molecule has 0 radical (unpaired) electrons. The van der Waals surface area contributed by atoms with E-state index in [0.717, 1.165) is 63.9 Å². The molecule has 2 rings (SSSR count). The summed E-state index contributed by atoms with van der Waals surface area (Å²) in [6.07, 6.45) is 1.06. The van der Waals surface area contributed by atoms with Gasteiger partial charge >= 0.3 is 0 Å². The molecular formula is C19H33IN4O2S. The van der Waals surface area contributed by atoms with Crippen molar-refractivity contribution < 1.29 is 9.47 Å². The number of para-hydroxylation sites is 1. The predicted octanol–water partition coefficient (Wildman–Crippen LogP) is 2.67. The second kappa shape index (κ2) is 14.3. The van der Waals surface area contributed by atoms with Crippen LogP contribution >= 0.6 is 35.7 Å². The summed E-state index contributed by atoms with van der Waals surface area (Å²) in [7, 11) is 1.71. The summed E-state index contributed by atoms with van der Waals surface area (Å²) in [6.45, 7) is 8.62. The molecule has 1 atom stereocenters. The Morgan fingerprint density at radius 1 is 1.37 bits per heavy atom. The number of methoxy groups -OCH3 is 1. The molecule has 8 heteroatoms. The van der Waals surface area contributed by atoms with E-state index in [0.29, 0.717) is 11.9 Å². The first-order chi connectivity index (χ1) is 12.7. The van der Waals surface area contributed by atoms with E-state index in [1.165, 1.54) is 4.90 Å². The standard InChI is InChI=1S/C19H32N4O2S.HI/c1-16(15-26-18-7-4-3-6-17(18)24-2)14-22-19(20)21-8-5-9-23-10-12-25-13-11-23;/h3-4,6-7,16H,5,8-15H2,1-2H3,(H3,20,21,22);1H. The molecule has 0 saturated carbocycles. The second-order valence-electron chi connectivity index (χ2n) is 6.53. The normalized spacial score (nSPS) is 16.4. The number of rotatable bonds is 10. The van der Waals surface area contributed by atoms with Gasteiger partial charge in [-0.3, -0.25) is 9.89 Å². The van der Waals surface area contributed by atoms with Crippen LogP contribution in [-0.4, -0.2) is 69.7 Å². The third-order valence-electron chi connectivity index (χ3n) is 4.23. The molecule has 1 aromatic carbocycles. The first-order valence-electron chi connectivity index (χ1n) is 9.28. The van der Waals surface area contributed by atoms with E-state index in [2.05, 4.69) is 28.2 Å². The second-order valence-corrected chi connectivity index (χ2v) is 7.59. The van der Waals surface area contributed by atoms with Gasteiger partial charge in [-0.1, -0.05) is 19.1 Å². The summed E-state index contributed by atoms with van der Waals surface area (Å²) in [4.78, 5) is 8.06. The van der Waals surface area contributed by atoms with Crippen LogP contribution in [0.5, 0.6) is 5.75 Å². The van der Waals surface area contributed by atoms with Crippen LogP contribution < -0.4 is 15.8 Å². The van der Waals surface area contributed by atoms with Crippen LogP contribution in [0.1, 0.15) is 13.3 Å². The number of aliphatic imine (C=N–C) groups is 1. The van der Waals surface area contributed by atoms with E-state index >= 15 is 0 Å². The first-order valence-corrected chi connectivity index (χ1v) is 10.3. The van der Waals surface area contributed by atoms with E-state index in [1.807, 2.05) is 18.2 Å². The van der Waals surface area contributed by atoms with Crippen molar-refractivity contribution in [2.45, 2.75) is 18.2 Å². The first kappa shape index (κ1) is 24.3. The van der Waals surface area contributed by atoms with Crippen molar-refractivity contribution in [2.24, 2.45) is 16.6 Å². The third kappa shape index (κ3) is 9.87. The number of halogens is 1. The van der Waals surface area contributed by atoms with Gasteiger partial charge in [0, 0.05) is 36.8 Å². The van der Waals surface area contributed by atoms with Crippen molar-refractivity contribution in [3.63, 3.8) is 0 Å². The molecule has 1 saturated heterocycles. The fourth-order valence-corrected chi connectivity index (χ4v) is 3.71. The van der Waals surface area contributed by atoms with Gasteiger partial charge in [0.2, 0.25) is 0 Å². The number of nitrogens with one attached hydrogen (secondary N) is 1. The average molecular weight is 508 g/mol. The molecule has 1 aromatic rings. The Hall–Kier alpha value is -0.710. The number of hydrogen-bond acceptors (Lipinski definition) is 5. The van der Waals surface area contributed by atoms with Crippen molar-refractivity contribution in [3.8, 4) is 5.75 Å². The van der Waals surface area contributed by atoms with Gasteiger partial charge < -0.3 is 20.5 Å². The summed E-state index contributed by atoms with van der Waals surface area (Å²) in [5.41, 5.74) is 5.97. The highest BCUT2D eigenvalue weighted by Gasteiger charge is 2.09. The lowest BCUT2D eigenvalue weighted by Crippen LogP contribution is -2.39. The molecule has 1 aliphatic heterocycles. The van der Waals surface area contributed by atoms with Gasteiger partial charge in [-0.15, -0.1) is 35.7 Å². The molecule has 0 aromatic heterocycles. The number of morpholine rings is 1. The van der Waals surface area contributed by atoms with Crippen molar-refractivity contribution in [1.29, 1.82) is 0 Å². The van der Waals surface area contributed by atoms with Crippen LogP contribution in [0, 0.1) is 5.92 Å². The van der Waals surface area contributed by atoms with Crippen LogP contribution in [0.15, 0.2) is 34.2 Å². The fraction of sp³-hybridized carbons (Fsp3) is 0.632. The molecular weight excluding hydrogens is 475 g/mol. The molecule has 1 unspecified atom stereocenters. The zero-order valence-corrected chi connectivity index (χ0v) is 19.5. The van der Waals surface area contributed by atoms with Crippen LogP contribution in [-0.2, 0) is 4.74 Å². The largest absolute Gasteiger partial charge is 0.496 e. The van der Waals surface area contributed by atoms with Gasteiger partial charge in [-0.25, -0.2) is 0 Å².